The van der Waals surface area contributed by atoms with Gasteiger partial charge in [0.15, 0.2) is 0 Å². The van der Waals surface area contributed by atoms with E-state index in [0.717, 1.165) is 0 Å². The van der Waals surface area contributed by atoms with Crippen molar-refractivity contribution in [2.75, 3.05) is 34.4 Å². The van der Waals surface area contributed by atoms with Crippen LogP contribution < -0.4 is 5.32 Å². The lowest BCUT2D eigenvalue weighted by Crippen LogP contribution is -2.50. The van der Waals surface area contributed by atoms with Gasteiger partial charge >= 0.3 is 5.97 Å². The first-order valence-corrected chi connectivity index (χ1v) is 5.49. The minimum absolute atomic E-state index is 0.292. The molecule has 2 atom stereocenters. The molecule has 0 aromatic carbocycles. The molecule has 0 radical (unpaired) electrons. The van der Waals surface area contributed by atoms with Crippen LogP contribution in [0.2, 0.25) is 0 Å². The van der Waals surface area contributed by atoms with Crippen LogP contribution in [0.15, 0.2) is 0 Å². The molecule has 0 heterocycles. The molecule has 0 saturated heterocycles. The molecule has 0 saturated carbocycles. The Morgan fingerprint density at radius 1 is 1.62 bits per heavy atom. The zero-order valence-electron chi connectivity index (χ0n) is 10.9. The number of carbonyl (C=O) groups is 1. The van der Waals surface area contributed by atoms with Gasteiger partial charge in [0.05, 0.1) is 6.61 Å². The van der Waals surface area contributed by atoms with E-state index in [1.165, 1.54) is 0 Å². The van der Waals surface area contributed by atoms with E-state index < -0.39 is 11.5 Å². The Morgan fingerprint density at radius 2 is 2.19 bits per heavy atom. The van der Waals surface area contributed by atoms with Gasteiger partial charge < -0.3 is 20.1 Å². The predicted octanol–water partition coefficient (Wildman–Crippen LogP) is 0.406. The van der Waals surface area contributed by atoms with Crippen LogP contribution >= 0.6 is 0 Å². The monoisotopic (exact) mass is 232 g/mol. The van der Waals surface area contributed by atoms with Crippen molar-refractivity contribution in [3.05, 3.63) is 0 Å². The molecule has 5 nitrogen and oxygen atoms in total. The van der Waals surface area contributed by atoms with Crippen molar-refractivity contribution in [3.63, 3.8) is 0 Å². The van der Waals surface area contributed by atoms with E-state index in [0.29, 0.717) is 25.6 Å². The van der Waals surface area contributed by atoms with Crippen LogP contribution in [-0.4, -0.2) is 61.9 Å². The second kappa shape index (κ2) is 6.83. The first-order valence-electron chi connectivity index (χ1n) is 5.49. The minimum Gasteiger partial charge on any atom is -0.480 e. The van der Waals surface area contributed by atoms with Gasteiger partial charge in [-0.2, -0.15) is 0 Å². The molecule has 0 aliphatic carbocycles. The Hall–Kier alpha value is -0.650. The summed E-state index contributed by atoms with van der Waals surface area (Å²) < 4.78 is 5.06. The molecule has 16 heavy (non-hydrogen) atoms. The largest absolute Gasteiger partial charge is 0.480 e. The molecule has 0 spiro atoms. The van der Waals surface area contributed by atoms with E-state index in [9.17, 15) is 4.79 Å². The predicted molar refractivity (Wildman–Crippen MR) is 63.7 cm³/mol. The normalized spacial score (nSPS) is 17.1. The molecule has 5 heteroatoms. The number of aliphatic carboxylic acids is 1. The number of rotatable bonds is 8. The molecular weight excluding hydrogens is 208 g/mol. The number of ether oxygens (including phenoxy) is 1. The smallest absolute Gasteiger partial charge is 0.323 e. The molecule has 2 N–H and O–H groups in total. The van der Waals surface area contributed by atoms with Crippen molar-refractivity contribution in [1.82, 2.24) is 10.2 Å². The second-order valence-electron chi connectivity index (χ2n) is 4.42. The lowest BCUT2D eigenvalue weighted by atomic mass is 9.98. The van der Waals surface area contributed by atoms with Crippen LogP contribution in [0.1, 0.15) is 20.3 Å². The highest BCUT2D eigenvalue weighted by atomic mass is 16.5. The van der Waals surface area contributed by atoms with Crippen molar-refractivity contribution in [2.45, 2.75) is 31.8 Å². The van der Waals surface area contributed by atoms with Gasteiger partial charge in [-0.1, -0.05) is 0 Å². The quantitative estimate of drug-likeness (QED) is 0.634. The number of carboxylic acids is 1. The number of nitrogens with zero attached hydrogens (tertiary/aromatic N) is 1. The van der Waals surface area contributed by atoms with E-state index in [4.69, 9.17) is 9.84 Å². The highest BCUT2D eigenvalue weighted by Gasteiger charge is 2.31. The summed E-state index contributed by atoms with van der Waals surface area (Å²) in [5.74, 6) is -0.817. The average molecular weight is 232 g/mol. The number of carboxylic acid groups (broad SMARTS) is 1. The molecule has 2 unspecified atom stereocenters. The summed E-state index contributed by atoms with van der Waals surface area (Å²) in [5.41, 5.74) is -0.860. The van der Waals surface area contributed by atoms with Crippen LogP contribution in [0.25, 0.3) is 0 Å². The van der Waals surface area contributed by atoms with Crippen LogP contribution in [0.5, 0.6) is 0 Å². The number of likely N-dealkylation sites (N-methyl/N-ethyl adjacent to an activating group) is 2. The van der Waals surface area contributed by atoms with Crippen LogP contribution in [0, 0.1) is 0 Å². The highest BCUT2D eigenvalue weighted by molar-refractivity contribution is 5.78. The Bertz CT molecular complexity index is 223. The molecule has 0 aromatic heterocycles. The summed E-state index contributed by atoms with van der Waals surface area (Å²) in [4.78, 5) is 13.2. The van der Waals surface area contributed by atoms with E-state index >= 15 is 0 Å². The van der Waals surface area contributed by atoms with Gasteiger partial charge in [-0.25, -0.2) is 0 Å². The second-order valence-corrected chi connectivity index (χ2v) is 4.42. The fraction of sp³-hybridized carbons (Fsp3) is 0.909. The van der Waals surface area contributed by atoms with Gasteiger partial charge in [-0.15, -0.1) is 0 Å². The lowest BCUT2D eigenvalue weighted by Gasteiger charge is -2.29. The van der Waals surface area contributed by atoms with Gasteiger partial charge in [0.1, 0.15) is 5.54 Å². The van der Waals surface area contributed by atoms with Crippen LogP contribution in [0.4, 0.5) is 0 Å². The van der Waals surface area contributed by atoms with Crippen molar-refractivity contribution >= 4 is 5.97 Å². The summed E-state index contributed by atoms with van der Waals surface area (Å²) in [6.45, 7) is 5.12. The van der Waals surface area contributed by atoms with E-state index in [-0.39, 0.29) is 0 Å². The molecule has 0 aliphatic rings. The first kappa shape index (κ1) is 15.3. The molecule has 0 bridgehead atoms. The number of hydrogen-bond acceptors (Lipinski definition) is 4. The maximum Gasteiger partial charge on any atom is 0.323 e. The number of nitrogens with one attached hydrogen (secondary N) is 1. The highest BCUT2D eigenvalue weighted by Crippen LogP contribution is 2.11. The molecule has 0 aliphatic heterocycles. The summed E-state index contributed by atoms with van der Waals surface area (Å²) in [7, 11) is 5.31. The van der Waals surface area contributed by atoms with Gasteiger partial charge in [0.25, 0.3) is 0 Å². The Kier molecular flexibility index (Phi) is 6.55. The fourth-order valence-corrected chi connectivity index (χ4v) is 1.33. The Morgan fingerprint density at radius 3 is 2.56 bits per heavy atom. The van der Waals surface area contributed by atoms with Gasteiger partial charge in [-0.05, 0) is 34.4 Å². The molecule has 0 aromatic rings. The Balaban J connectivity index is 4.16. The summed E-state index contributed by atoms with van der Waals surface area (Å²) in [6.07, 6.45) is 0.559. The Labute approximate surface area is 97.8 Å². The summed E-state index contributed by atoms with van der Waals surface area (Å²) >= 11 is 0. The maximum atomic E-state index is 11.1. The zero-order chi connectivity index (χ0) is 12.8. The van der Waals surface area contributed by atoms with Gasteiger partial charge in [0.2, 0.25) is 0 Å². The first-order chi connectivity index (χ1) is 7.37. The topological polar surface area (TPSA) is 61.8 Å². The van der Waals surface area contributed by atoms with Crippen molar-refractivity contribution in [2.24, 2.45) is 0 Å². The lowest BCUT2D eigenvalue weighted by molar-refractivity contribution is -0.144. The van der Waals surface area contributed by atoms with E-state index in [2.05, 4.69) is 17.1 Å². The summed E-state index contributed by atoms with van der Waals surface area (Å²) in [6, 6.07) is 0.292. The number of hydrogen-bond donors (Lipinski definition) is 2. The minimum atomic E-state index is -0.860. The third-order valence-corrected chi connectivity index (χ3v) is 3.15. The van der Waals surface area contributed by atoms with Crippen molar-refractivity contribution < 1.29 is 14.6 Å². The fourth-order valence-electron chi connectivity index (χ4n) is 1.33. The van der Waals surface area contributed by atoms with Gasteiger partial charge in [0, 0.05) is 19.7 Å². The van der Waals surface area contributed by atoms with Crippen LogP contribution in [0.3, 0.4) is 0 Å². The van der Waals surface area contributed by atoms with E-state index in [1.54, 1.807) is 21.1 Å². The standard InChI is InChI=1S/C11H24N2O3/c1-9(8-16-5)13(4)7-6-11(2,12-3)10(14)15/h9,12H,6-8H2,1-5H3,(H,14,15). The van der Waals surface area contributed by atoms with Crippen molar-refractivity contribution in [3.8, 4) is 0 Å². The molecule has 0 rings (SSSR count). The zero-order valence-corrected chi connectivity index (χ0v) is 10.9. The molecule has 96 valence electrons. The van der Waals surface area contributed by atoms with Gasteiger partial charge in [-0.3, -0.25) is 4.79 Å². The number of methoxy groups -OCH3 is 1. The van der Waals surface area contributed by atoms with Crippen LogP contribution in [-0.2, 0) is 9.53 Å². The average Bonchev–Trinajstić information content (AvgIpc) is 2.25. The van der Waals surface area contributed by atoms with Crippen molar-refractivity contribution in [1.29, 1.82) is 0 Å². The third-order valence-electron chi connectivity index (χ3n) is 3.15. The third kappa shape index (κ3) is 4.47. The maximum absolute atomic E-state index is 11.1. The SMILES string of the molecule is CNC(C)(CCN(C)C(C)COC)C(=O)O. The summed E-state index contributed by atoms with van der Waals surface area (Å²) in [5, 5.41) is 11.9. The van der Waals surface area contributed by atoms with E-state index in [1.807, 2.05) is 7.05 Å². The molecule has 0 fully saturated rings. The molecular formula is C11H24N2O3. The molecule has 0 amide bonds.